The second-order valence-corrected chi connectivity index (χ2v) is 9.89. The molecule has 14 nitrogen and oxygen atoms in total. The first-order chi connectivity index (χ1) is 14.2. The predicted molar refractivity (Wildman–Crippen MR) is 104 cm³/mol. The van der Waals surface area contributed by atoms with Gasteiger partial charge in [0.2, 0.25) is 0 Å². The summed E-state index contributed by atoms with van der Waals surface area (Å²) in [5.74, 6) is -1.08. The summed E-state index contributed by atoms with van der Waals surface area (Å²) in [6.45, 7) is 4.14. The Labute approximate surface area is 176 Å². The lowest BCUT2D eigenvalue weighted by molar-refractivity contribution is -0.166. The number of rotatable bonds is 5. The zero-order valence-corrected chi connectivity index (χ0v) is 17.7. The normalized spacial score (nSPS) is 28.0. The average molecular weight is 460 g/mol. The van der Waals surface area contributed by atoms with Crippen LogP contribution in [0.2, 0.25) is 0 Å². The molecule has 0 saturated carbocycles. The average Bonchev–Trinajstić information content (AvgIpc) is 3.20. The van der Waals surface area contributed by atoms with E-state index in [1.165, 1.54) is 0 Å². The topological polar surface area (TPSA) is 226 Å². The molecule has 1 aliphatic rings. The van der Waals surface area contributed by atoms with Crippen LogP contribution in [0.1, 0.15) is 20.8 Å². The summed E-state index contributed by atoms with van der Waals surface area (Å²) in [5, 5.41) is 33.7. The number of carbonyl (C=O) groups is 1. The molecule has 2 aromatic rings. The molecule has 1 saturated heterocycles. The fraction of sp³-hybridized carbons (Fsp3) is 0.625. The summed E-state index contributed by atoms with van der Waals surface area (Å²) in [4.78, 5) is 23.7. The monoisotopic (exact) mass is 460 g/mol. The number of carbonyl (C=O) groups excluding carboxylic acids is 1. The Morgan fingerprint density at radius 3 is 2.58 bits per heavy atom. The number of hydrogen-bond acceptors (Lipinski definition) is 12. The van der Waals surface area contributed by atoms with Gasteiger partial charge in [-0.1, -0.05) is 20.8 Å². The van der Waals surface area contributed by atoms with E-state index in [1.807, 2.05) is 0 Å². The van der Waals surface area contributed by atoms with Gasteiger partial charge in [0.15, 0.2) is 17.6 Å². The van der Waals surface area contributed by atoms with Crippen molar-refractivity contribution in [2.75, 3.05) is 12.3 Å². The van der Waals surface area contributed by atoms with Gasteiger partial charge in [-0.25, -0.2) is 33.3 Å². The number of aliphatic hydroxyl groups is 3. The molecule has 7 N–H and O–H groups in total. The van der Waals surface area contributed by atoms with Gasteiger partial charge in [-0.2, -0.15) is 0 Å². The Balaban J connectivity index is 1.98. The minimum atomic E-state index is -4.78. The summed E-state index contributed by atoms with van der Waals surface area (Å²) in [6.07, 6.45) is -4.95. The SMILES string of the molecule is CC(C)(C)[C@@H](O)C(=O)OC[C@H]1O[C@](n2cnc3c(N)ncnc32)(S(N)(=O)=O)[C@H](O)[C@@H]1O. The minimum Gasteiger partial charge on any atom is -0.461 e. The van der Waals surface area contributed by atoms with Gasteiger partial charge in [-0.05, 0) is 5.41 Å². The van der Waals surface area contributed by atoms with E-state index >= 15 is 0 Å². The number of aliphatic hydroxyl groups excluding tert-OH is 3. The maximum Gasteiger partial charge on any atom is 0.335 e. The predicted octanol–water partition coefficient (Wildman–Crippen LogP) is -2.62. The molecule has 0 aromatic carbocycles. The third-order valence-electron chi connectivity index (χ3n) is 4.94. The molecule has 3 heterocycles. The maximum atomic E-state index is 12.6. The Hall–Kier alpha value is -2.43. The number of esters is 1. The molecular weight excluding hydrogens is 436 g/mol. The summed E-state index contributed by atoms with van der Waals surface area (Å²) >= 11 is 0. The Bertz CT molecular complexity index is 1100. The van der Waals surface area contributed by atoms with E-state index in [-0.39, 0.29) is 17.0 Å². The van der Waals surface area contributed by atoms with Crippen molar-refractivity contribution >= 4 is 33.0 Å². The number of hydrogen-bond donors (Lipinski definition) is 5. The molecule has 1 fully saturated rings. The van der Waals surface area contributed by atoms with E-state index in [2.05, 4.69) is 15.0 Å². The number of nitrogen functional groups attached to an aromatic ring is 1. The summed E-state index contributed by atoms with van der Waals surface area (Å²) in [6, 6.07) is 0. The highest BCUT2D eigenvalue weighted by atomic mass is 32.2. The third-order valence-corrected chi connectivity index (χ3v) is 6.29. The van der Waals surface area contributed by atoms with Crippen molar-refractivity contribution in [2.45, 2.75) is 50.2 Å². The molecule has 3 rings (SSSR count). The van der Waals surface area contributed by atoms with Gasteiger partial charge in [0.1, 0.15) is 43.1 Å². The van der Waals surface area contributed by atoms with Crippen LogP contribution in [0.5, 0.6) is 0 Å². The smallest absolute Gasteiger partial charge is 0.335 e. The van der Waals surface area contributed by atoms with Gasteiger partial charge >= 0.3 is 5.97 Å². The molecule has 0 aliphatic carbocycles. The van der Waals surface area contributed by atoms with Crippen LogP contribution in [0, 0.1) is 5.41 Å². The zero-order valence-electron chi connectivity index (χ0n) is 16.9. The molecule has 1 aliphatic heterocycles. The number of aromatic nitrogens is 4. The van der Waals surface area contributed by atoms with E-state index < -0.39 is 57.5 Å². The fourth-order valence-corrected chi connectivity index (χ4v) is 4.30. The number of ether oxygens (including phenoxy) is 2. The largest absolute Gasteiger partial charge is 0.461 e. The van der Waals surface area contributed by atoms with E-state index in [0.717, 1.165) is 17.2 Å². The first-order valence-electron chi connectivity index (χ1n) is 9.06. The highest BCUT2D eigenvalue weighted by molar-refractivity contribution is 7.89. The standard InChI is InChI=1S/C16H24N6O8S/c1-15(2,3)11(25)14(26)29-4-7-9(23)10(24)16(30-7,31(18,27)28)22-6-21-8-12(17)19-5-20-13(8)22/h5-7,9-11,23-25H,4H2,1-3H3,(H2,17,19,20)(H2,18,27,28)/t7-,9-,10-,11+,16+/m1/s1. The van der Waals surface area contributed by atoms with Crippen LogP contribution < -0.4 is 10.9 Å². The summed E-state index contributed by atoms with van der Waals surface area (Å²) < 4.78 is 36.4. The number of nitrogens with two attached hydrogens (primary N) is 2. The molecule has 31 heavy (non-hydrogen) atoms. The van der Waals surface area contributed by atoms with Gasteiger partial charge in [0, 0.05) is 0 Å². The first-order valence-corrected chi connectivity index (χ1v) is 10.6. The molecule has 172 valence electrons. The number of nitrogens with zero attached hydrogens (tertiary/aromatic N) is 4. The van der Waals surface area contributed by atoms with Crippen molar-refractivity contribution in [1.29, 1.82) is 0 Å². The van der Waals surface area contributed by atoms with Crippen molar-refractivity contribution in [3.8, 4) is 0 Å². The van der Waals surface area contributed by atoms with Crippen LogP contribution in [-0.4, -0.2) is 80.2 Å². The number of fused-ring (bicyclic) bond motifs is 1. The maximum absolute atomic E-state index is 12.6. The van der Waals surface area contributed by atoms with Crippen molar-refractivity contribution in [1.82, 2.24) is 19.5 Å². The number of anilines is 1. The second-order valence-electron chi connectivity index (χ2n) is 8.21. The van der Waals surface area contributed by atoms with Crippen LogP contribution >= 0.6 is 0 Å². The Morgan fingerprint density at radius 2 is 2.00 bits per heavy atom. The lowest BCUT2D eigenvalue weighted by atomic mass is 9.89. The van der Waals surface area contributed by atoms with Crippen LogP contribution in [-0.2, 0) is 29.3 Å². The number of imidazole rings is 1. The van der Waals surface area contributed by atoms with Crippen LogP contribution in [0.4, 0.5) is 5.82 Å². The number of primary sulfonamides is 1. The van der Waals surface area contributed by atoms with Crippen molar-refractivity contribution in [3.63, 3.8) is 0 Å². The van der Waals surface area contributed by atoms with Gasteiger partial charge in [-0.3, -0.25) is 4.57 Å². The molecule has 0 radical (unpaired) electrons. The summed E-state index contributed by atoms with van der Waals surface area (Å²) in [5.41, 5.74) is 4.77. The first kappa shape index (κ1) is 23.2. The van der Waals surface area contributed by atoms with E-state index in [4.69, 9.17) is 20.3 Å². The quantitative estimate of drug-likeness (QED) is 0.289. The summed E-state index contributed by atoms with van der Waals surface area (Å²) in [7, 11) is -4.78. The fourth-order valence-electron chi connectivity index (χ4n) is 3.16. The molecule has 0 bridgehead atoms. The molecule has 5 atom stereocenters. The molecule has 15 heteroatoms. The highest BCUT2D eigenvalue weighted by Gasteiger charge is 2.63. The van der Waals surface area contributed by atoms with Gasteiger partial charge in [0.25, 0.3) is 15.1 Å². The molecule has 2 aromatic heterocycles. The van der Waals surface area contributed by atoms with E-state index in [1.54, 1.807) is 20.8 Å². The van der Waals surface area contributed by atoms with Crippen LogP contribution in [0.25, 0.3) is 11.2 Å². The second kappa shape index (κ2) is 7.61. The van der Waals surface area contributed by atoms with E-state index in [9.17, 15) is 28.5 Å². The molecule has 0 unspecified atom stereocenters. The lowest BCUT2D eigenvalue weighted by Crippen LogP contribution is -2.54. The molecule has 0 amide bonds. The third kappa shape index (κ3) is 3.72. The molecule has 0 spiro atoms. The Kier molecular flexibility index (Phi) is 5.71. The van der Waals surface area contributed by atoms with Crippen molar-refractivity contribution in [2.24, 2.45) is 10.6 Å². The number of sulfonamides is 1. The molecular formula is C16H24N6O8S. The Morgan fingerprint density at radius 1 is 1.35 bits per heavy atom. The zero-order chi connectivity index (χ0) is 23.4. The van der Waals surface area contributed by atoms with Gasteiger partial charge in [-0.15, -0.1) is 0 Å². The highest BCUT2D eigenvalue weighted by Crippen LogP contribution is 2.41. The van der Waals surface area contributed by atoms with E-state index in [0.29, 0.717) is 0 Å². The van der Waals surface area contributed by atoms with Crippen molar-refractivity contribution < 1.29 is 38.0 Å². The minimum absolute atomic E-state index is 0.0130. The van der Waals surface area contributed by atoms with Gasteiger partial charge in [0.05, 0.1) is 0 Å². The lowest BCUT2D eigenvalue weighted by Gasteiger charge is -2.30. The van der Waals surface area contributed by atoms with Crippen molar-refractivity contribution in [3.05, 3.63) is 12.7 Å². The van der Waals surface area contributed by atoms with Crippen LogP contribution in [0.15, 0.2) is 12.7 Å². The van der Waals surface area contributed by atoms with Crippen LogP contribution in [0.3, 0.4) is 0 Å². The van der Waals surface area contributed by atoms with Gasteiger partial charge < -0.3 is 30.5 Å².